The van der Waals surface area contributed by atoms with Crippen molar-refractivity contribution in [3.8, 4) is 5.75 Å². The van der Waals surface area contributed by atoms with Gasteiger partial charge in [0, 0.05) is 11.9 Å². The van der Waals surface area contributed by atoms with Gasteiger partial charge >= 0.3 is 5.97 Å². The lowest BCUT2D eigenvalue weighted by atomic mass is 10.1. The van der Waals surface area contributed by atoms with Gasteiger partial charge in [-0.3, -0.25) is 9.79 Å². The predicted octanol–water partition coefficient (Wildman–Crippen LogP) is 4.77. The van der Waals surface area contributed by atoms with E-state index in [0.29, 0.717) is 11.4 Å². The molecule has 3 aromatic carbocycles. The summed E-state index contributed by atoms with van der Waals surface area (Å²) in [5.41, 5.74) is 4.48. The molecule has 0 spiro atoms. The molecule has 0 aromatic heterocycles. The lowest BCUT2D eigenvalue weighted by Crippen LogP contribution is -2.20. The highest BCUT2D eigenvalue weighted by Gasteiger charge is 2.06. The van der Waals surface area contributed by atoms with Crippen molar-refractivity contribution in [3.63, 3.8) is 0 Å². The smallest absolute Gasteiger partial charge is 0.335 e. The highest BCUT2D eigenvalue weighted by atomic mass is 16.5. The lowest BCUT2D eigenvalue weighted by Gasteiger charge is -2.09. The third-order valence-electron chi connectivity index (χ3n) is 4.47. The Morgan fingerprint density at radius 3 is 2.57 bits per heavy atom. The summed E-state index contributed by atoms with van der Waals surface area (Å²) in [4.78, 5) is 27.5. The summed E-state index contributed by atoms with van der Waals surface area (Å²) in [6.45, 7) is 3.89. The normalized spacial score (nSPS) is 10.7. The first-order valence-electron chi connectivity index (χ1n) is 9.38. The fourth-order valence-electron chi connectivity index (χ4n) is 2.72. The molecule has 0 aliphatic heterocycles. The van der Waals surface area contributed by atoms with E-state index in [-0.39, 0.29) is 18.1 Å². The molecule has 0 aliphatic carbocycles. The number of carboxylic acid groups (broad SMARTS) is 1. The Labute approximate surface area is 174 Å². The van der Waals surface area contributed by atoms with Crippen molar-refractivity contribution < 1.29 is 19.4 Å². The molecule has 0 aliphatic rings. The van der Waals surface area contributed by atoms with Crippen molar-refractivity contribution in [1.29, 1.82) is 0 Å². The minimum absolute atomic E-state index is 0.117. The molecule has 0 fully saturated rings. The first kappa shape index (κ1) is 20.8. The number of aliphatic imine (C=N–C) groups is 1. The molecular weight excluding hydrogens is 380 g/mol. The first-order chi connectivity index (χ1) is 14.4. The van der Waals surface area contributed by atoms with E-state index < -0.39 is 5.97 Å². The van der Waals surface area contributed by atoms with Crippen LogP contribution in [0.25, 0.3) is 0 Å². The van der Waals surface area contributed by atoms with Gasteiger partial charge in [-0.05, 0) is 73.0 Å². The number of amides is 1. The van der Waals surface area contributed by atoms with Crippen LogP contribution >= 0.6 is 0 Å². The van der Waals surface area contributed by atoms with E-state index in [2.05, 4.69) is 10.3 Å². The van der Waals surface area contributed by atoms with Crippen molar-refractivity contribution in [2.45, 2.75) is 13.8 Å². The second kappa shape index (κ2) is 9.52. The molecule has 152 valence electrons. The molecule has 6 heteroatoms. The number of hydrogen-bond donors (Lipinski definition) is 2. The Bertz CT molecular complexity index is 1110. The van der Waals surface area contributed by atoms with Gasteiger partial charge in [-0.25, -0.2) is 4.79 Å². The van der Waals surface area contributed by atoms with Crippen LogP contribution in [0.1, 0.15) is 27.0 Å². The van der Waals surface area contributed by atoms with Crippen LogP contribution in [0.15, 0.2) is 71.7 Å². The van der Waals surface area contributed by atoms with E-state index in [1.165, 1.54) is 12.1 Å². The van der Waals surface area contributed by atoms with E-state index in [9.17, 15) is 9.59 Å². The van der Waals surface area contributed by atoms with Gasteiger partial charge in [-0.15, -0.1) is 0 Å². The highest BCUT2D eigenvalue weighted by Crippen LogP contribution is 2.17. The van der Waals surface area contributed by atoms with E-state index in [1.54, 1.807) is 36.5 Å². The maximum absolute atomic E-state index is 12.2. The molecule has 30 heavy (non-hydrogen) atoms. The second-order valence-corrected chi connectivity index (χ2v) is 6.82. The molecule has 6 nitrogen and oxygen atoms in total. The monoisotopic (exact) mass is 402 g/mol. The quantitative estimate of drug-likeness (QED) is 0.557. The van der Waals surface area contributed by atoms with Gasteiger partial charge in [0.25, 0.3) is 5.91 Å². The zero-order chi connectivity index (χ0) is 21.5. The molecular formula is C24H22N2O4. The molecule has 1 amide bonds. The van der Waals surface area contributed by atoms with Crippen molar-refractivity contribution in [3.05, 3.63) is 89.0 Å². The number of rotatable bonds is 7. The van der Waals surface area contributed by atoms with E-state index >= 15 is 0 Å². The molecule has 0 radical (unpaired) electrons. The van der Waals surface area contributed by atoms with Crippen molar-refractivity contribution in [2.75, 3.05) is 11.9 Å². The first-order valence-corrected chi connectivity index (χ1v) is 9.38. The number of anilines is 1. The fraction of sp³-hybridized carbons (Fsp3) is 0.125. The summed E-state index contributed by atoms with van der Waals surface area (Å²) in [5, 5.41) is 11.9. The van der Waals surface area contributed by atoms with E-state index in [4.69, 9.17) is 9.84 Å². The van der Waals surface area contributed by atoms with Gasteiger partial charge < -0.3 is 15.2 Å². The lowest BCUT2D eigenvalue weighted by molar-refractivity contribution is -0.118. The second-order valence-electron chi connectivity index (χ2n) is 6.82. The van der Waals surface area contributed by atoms with Crippen LogP contribution in [0, 0.1) is 13.8 Å². The number of nitrogens with zero attached hydrogens (tertiary/aromatic N) is 1. The highest BCUT2D eigenvalue weighted by molar-refractivity contribution is 5.92. The Morgan fingerprint density at radius 1 is 1.00 bits per heavy atom. The molecule has 2 N–H and O–H groups in total. The van der Waals surface area contributed by atoms with Gasteiger partial charge in [-0.1, -0.05) is 24.3 Å². The maximum Gasteiger partial charge on any atom is 0.335 e. The van der Waals surface area contributed by atoms with Crippen molar-refractivity contribution in [2.24, 2.45) is 4.99 Å². The van der Waals surface area contributed by atoms with Gasteiger partial charge in [-0.2, -0.15) is 0 Å². The van der Waals surface area contributed by atoms with Crippen LogP contribution < -0.4 is 10.1 Å². The number of ether oxygens (including phenoxy) is 1. The van der Waals surface area contributed by atoms with Crippen LogP contribution in [0.2, 0.25) is 0 Å². The van der Waals surface area contributed by atoms with Crippen LogP contribution in [-0.4, -0.2) is 29.8 Å². The Balaban J connectivity index is 1.60. The zero-order valence-corrected chi connectivity index (χ0v) is 16.8. The standard InChI is InChI=1S/C24H22N2O4/c1-16-9-10-21(11-17(16)2)26-23(27)15-30-22-8-3-5-18(12-22)14-25-20-7-4-6-19(13-20)24(28)29/h3-14H,15H2,1-2H3,(H,26,27)(H,28,29). The number of hydrogen-bond acceptors (Lipinski definition) is 4. The molecule has 0 atom stereocenters. The SMILES string of the molecule is Cc1ccc(NC(=O)COc2cccc(C=Nc3cccc(C(=O)O)c3)c2)cc1C. The molecule has 0 unspecified atom stereocenters. The minimum atomic E-state index is -0.999. The largest absolute Gasteiger partial charge is 0.484 e. The molecule has 0 heterocycles. The number of carboxylic acids is 1. The maximum atomic E-state index is 12.2. The summed E-state index contributed by atoms with van der Waals surface area (Å²) in [6, 6.07) is 19.3. The van der Waals surface area contributed by atoms with Crippen molar-refractivity contribution in [1.82, 2.24) is 0 Å². The average Bonchev–Trinajstić information content (AvgIpc) is 2.74. The van der Waals surface area contributed by atoms with E-state index in [0.717, 1.165) is 22.4 Å². The molecule has 3 rings (SSSR count). The van der Waals surface area contributed by atoms with Gasteiger partial charge in [0.05, 0.1) is 11.3 Å². The number of aryl methyl sites for hydroxylation is 2. The number of carbonyl (C=O) groups is 2. The number of nitrogens with one attached hydrogen (secondary N) is 1. The summed E-state index contributed by atoms with van der Waals surface area (Å²) in [7, 11) is 0. The summed E-state index contributed by atoms with van der Waals surface area (Å²) in [5.74, 6) is -0.710. The molecule has 0 bridgehead atoms. The predicted molar refractivity (Wildman–Crippen MR) is 117 cm³/mol. The van der Waals surface area contributed by atoms with Crippen molar-refractivity contribution >= 4 is 29.5 Å². The van der Waals surface area contributed by atoms with Crippen LogP contribution in [0.5, 0.6) is 5.75 Å². The zero-order valence-electron chi connectivity index (χ0n) is 16.8. The Kier molecular flexibility index (Phi) is 6.60. The summed E-state index contributed by atoms with van der Waals surface area (Å²) < 4.78 is 5.59. The van der Waals surface area contributed by atoms with Gasteiger partial charge in [0.2, 0.25) is 0 Å². The van der Waals surface area contributed by atoms with E-state index in [1.807, 2.05) is 38.1 Å². The Morgan fingerprint density at radius 2 is 1.80 bits per heavy atom. The molecule has 3 aromatic rings. The Hall–Kier alpha value is -3.93. The molecule has 0 saturated carbocycles. The fourth-order valence-corrected chi connectivity index (χ4v) is 2.72. The number of carbonyl (C=O) groups excluding carboxylic acids is 1. The van der Waals surface area contributed by atoms with Crippen LogP contribution in [0.3, 0.4) is 0 Å². The number of aromatic carboxylic acids is 1. The third-order valence-corrected chi connectivity index (χ3v) is 4.47. The summed E-state index contributed by atoms with van der Waals surface area (Å²) in [6.07, 6.45) is 1.61. The van der Waals surface area contributed by atoms with Gasteiger partial charge in [0.15, 0.2) is 6.61 Å². The van der Waals surface area contributed by atoms with Crippen LogP contribution in [0.4, 0.5) is 11.4 Å². The average molecular weight is 402 g/mol. The third kappa shape index (κ3) is 5.78. The molecule has 0 saturated heterocycles. The van der Waals surface area contributed by atoms with Gasteiger partial charge in [0.1, 0.15) is 5.75 Å². The summed E-state index contributed by atoms with van der Waals surface area (Å²) >= 11 is 0. The van der Waals surface area contributed by atoms with Crippen LogP contribution in [-0.2, 0) is 4.79 Å². The number of benzene rings is 3. The minimum Gasteiger partial charge on any atom is -0.484 e. The topological polar surface area (TPSA) is 88.0 Å².